The number of nitrogens with zero attached hydrogens (tertiary/aromatic N) is 3. The number of carbonyl (C=O) groups excluding carboxylic acids is 1. The van der Waals surface area contributed by atoms with E-state index in [0.29, 0.717) is 43.4 Å². The van der Waals surface area contributed by atoms with Crippen molar-refractivity contribution in [3.63, 3.8) is 0 Å². The summed E-state index contributed by atoms with van der Waals surface area (Å²) >= 11 is 0. The summed E-state index contributed by atoms with van der Waals surface area (Å²) in [6.07, 6.45) is 0. The zero-order valence-corrected chi connectivity index (χ0v) is 13.0. The Morgan fingerprint density at radius 3 is 2.70 bits per heavy atom. The molecule has 1 fully saturated rings. The molecule has 122 valence electrons. The van der Waals surface area contributed by atoms with Crippen LogP contribution in [-0.4, -0.2) is 48.7 Å². The number of hydrogen-bond donors (Lipinski definition) is 1. The van der Waals surface area contributed by atoms with Crippen molar-refractivity contribution in [3.8, 4) is 0 Å². The van der Waals surface area contributed by atoms with E-state index in [-0.39, 0.29) is 18.3 Å². The predicted molar refractivity (Wildman–Crippen MR) is 84.9 cm³/mol. The van der Waals surface area contributed by atoms with Crippen molar-refractivity contribution in [3.05, 3.63) is 41.9 Å². The molecule has 23 heavy (non-hydrogen) atoms. The van der Waals surface area contributed by atoms with Crippen LogP contribution in [0.25, 0.3) is 0 Å². The maximum atomic E-state index is 13.8. The van der Waals surface area contributed by atoms with Crippen molar-refractivity contribution in [2.75, 3.05) is 42.9 Å². The molecule has 0 saturated carbocycles. The highest BCUT2D eigenvalue weighted by atomic mass is 19.1. The minimum absolute atomic E-state index is 0.127. The van der Waals surface area contributed by atoms with Gasteiger partial charge in [0, 0.05) is 32.2 Å². The number of rotatable bonds is 4. The molecule has 0 bridgehead atoms. The largest absolute Gasteiger partial charge is 0.367 e. The van der Waals surface area contributed by atoms with Crippen molar-refractivity contribution in [2.24, 2.45) is 0 Å². The Labute approximate surface area is 133 Å². The zero-order valence-electron chi connectivity index (χ0n) is 13.0. The molecule has 1 aliphatic heterocycles. The van der Waals surface area contributed by atoms with Crippen molar-refractivity contribution in [2.45, 2.75) is 6.92 Å². The molecule has 0 spiro atoms. The second-order valence-corrected chi connectivity index (χ2v) is 5.59. The van der Waals surface area contributed by atoms with E-state index in [2.05, 4.69) is 10.5 Å². The molecular formula is C16H19FN4O2. The van der Waals surface area contributed by atoms with E-state index in [1.54, 1.807) is 25.1 Å². The van der Waals surface area contributed by atoms with Crippen LogP contribution >= 0.6 is 0 Å². The SMILES string of the molecule is Cc1cc(NC(=O)CN2CCN(c3ccccc3F)CC2)no1. The topological polar surface area (TPSA) is 61.6 Å². The van der Waals surface area contributed by atoms with Crippen LogP contribution < -0.4 is 10.2 Å². The Morgan fingerprint density at radius 2 is 2.04 bits per heavy atom. The summed E-state index contributed by atoms with van der Waals surface area (Å²) < 4.78 is 18.7. The van der Waals surface area contributed by atoms with E-state index in [9.17, 15) is 9.18 Å². The van der Waals surface area contributed by atoms with Crippen molar-refractivity contribution >= 4 is 17.4 Å². The number of para-hydroxylation sites is 1. The number of benzene rings is 1. The van der Waals surface area contributed by atoms with Crippen LogP contribution in [0, 0.1) is 12.7 Å². The van der Waals surface area contributed by atoms with Gasteiger partial charge in [-0.1, -0.05) is 17.3 Å². The van der Waals surface area contributed by atoms with E-state index < -0.39 is 0 Å². The summed E-state index contributed by atoms with van der Waals surface area (Å²) in [4.78, 5) is 16.0. The molecule has 1 N–H and O–H groups in total. The first-order valence-electron chi connectivity index (χ1n) is 7.57. The standard InChI is InChI=1S/C16H19FN4O2/c1-12-10-15(19-23-12)18-16(22)11-20-6-8-21(9-7-20)14-5-3-2-4-13(14)17/h2-5,10H,6-9,11H2,1H3,(H,18,19,22). The summed E-state index contributed by atoms with van der Waals surface area (Å²) in [6, 6.07) is 8.44. The van der Waals surface area contributed by atoms with Crippen LogP contribution in [0.5, 0.6) is 0 Å². The quantitative estimate of drug-likeness (QED) is 0.933. The molecular weight excluding hydrogens is 299 g/mol. The van der Waals surface area contributed by atoms with Gasteiger partial charge in [0.05, 0.1) is 12.2 Å². The molecule has 1 saturated heterocycles. The number of aromatic nitrogens is 1. The van der Waals surface area contributed by atoms with Gasteiger partial charge in [0.2, 0.25) is 5.91 Å². The molecule has 6 nitrogen and oxygen atoms in total. The molecule has 2 heterocycles. The fourth-order valence-electron chi connectivity index (χ4n) is 2.67. The minimum atomic E-state index is -0.208. The van der Waals surface area contributed by atoms with Crippen molar-refractivity contribution < 1.29 is 13.7 Å². The van der Waals surface area contributed by atoms with Crippen LogP contribution in [0.15, 0.2) is 34.9 Å². The molecule has 2 aromatic rings. The predicted octanol–water partition coefficient (Wildman–Crippen LogP) is 1.88. The monoisotopic (exact) mass is 318 g/mol. The summed E-state index contributed by atoms with van der Waals surface area (Å²) in [7, 11) is 0. The van der Waals surface area contributed by atoms with E-state index in [1.807, 2.05) is 15.9 Å². The summed E-state index contributed by atoms with van der Waals surface area (Å²) in [5.41, 5.74) is 0.620. The average Bonchev–Trinajstić information content (AvgIpc) is 2.93. The average molecular weight is 318 g/mol. The van der Waals surface area contributed by atoms with Crippen molar-refractivity contribution in [1.29, 1.82) is 0 Å². The number of aryl methyl sites for hydroxylation is 1. The van der Waals surface area contributed by atoms with Gasteiger partial charge in [-0.25, -0.2) is 4.39 Å². The smallest absolute Gasteiger partial charge is 0.239 e. The van der Waals surface area contributed by atoms with Gasteiger partial charge < -0.3 is 14.7 Å². The first-order valence-corrected chi connectivity index (χ1v) is 7.57. The molecule has 0 unspecified atom stereocenters. The summed E-state index contributed by atoms with van der Waals surface area (Å²) in [6.45, 7) is 4.86. The molecule has 0 radical (unpaired) electrons. The number of piperazine rings is 1. The fraction of sp³-hybridized carbons (Fsp3) is 0.375. The molecule has 1 aromatic heterocycles. The number of carbonyl (C=O) groups is 1. The van der Waals surface area contributed by atoms with Crippen LogP contribution in [0.4, 0.5) is 15.9 Å². The maximum absolute atomic E-state index is 13.8. The molecule has 0 aliphatic carbocycles. The third kappa shape index (κ3) is 3.87. The van der Waals surface area contributed by atoms with Crippen molar-refractivity contribution in [1.82, 2.24) is 10.1 Å². The van der Waals surface area contributed by atoms with Gasteiger partial charge in [0.25, 0.3) is 0 Å². The lowest BCUT2D eigenvalue weighted by atomic mass is 10.2. The van der Waals surface area contributed by atoms with E-state index in [1.165, 1.54) is 6.07 Å². The number of halogens is 1. The maximum Gasteiger partial charge on any atom is 0.239 e. The summed E-state index contributed by atoms with van der Waals surface area (Å²) in [5, 5.41) is 6.44. The Bertz CT molecular complexity index is 680. The van der Waals surface area contributed by atoms with Crippen LogP contribution in [0.1, 0.15) is 5.76 Å². The molecule has 1 aromatic carbocycles. The lowest BCUT2D eigenvalue weighted by Gasteiger charge is -2.35. The highest BCUT2D eigenvalue weighted by molar-refractivity contribution is 5.91. The Balaban J connectivity index is 1.49. The normalized spacial score (nSPS) is 15.7. The zero-order chi connectivity index (χ0) is 16.2. The molecule has 0 atom stereocenters. The Kier molecular flexibility index (Phi) is 4.57. The second-order valence-electron chi connectivity index (χ2n) is 5.59. The van der Waals surface area contributed by atoms with Gasteiger partial charge in [0.15, 0.2) is 5.82 Å². The van der Waals surface area contributed by atoms with Gasteiger partial charge >= 0.3 is 0 Å². The highest BCUT2D eigenvalue weighted by Gasteiger charge is 2.21. The number of anilines is 2. The molecule has 7 heteroatoms. The lowest BCUT2D eigenvalue weighted by molar-refractivity contribution is -0.117. The first-order chi connectivity index (χ1) is 11.1. The van der Waals surface area contributed by atoms with E-state index in [0.717, 1.165) is 0 Å². The van der Waals surface area contributed by atoms with E-state index in [4.69, 9.17) is 4.52 Å². The van der Waals surface area contributed by atoms with Crippen LogP contribution in [0.3, 0.4) is 0 Å². The third-order valence-electron chi connectivity index (χ3n) is 3.83. The first kappa shape index (κ1) is 15.5. The lowest BCUT2D eigenvalue weighted by Crippen LogP contribution is -2.48. The molecule has 1 aliphatic rings. The number of amides is 1. The van der Waals surface area contributed by atoms with Gasteiger partial charge in [-0.05, 0) is 19.1 Å². The van der Waals surface area contributed by atoms with Gasteiger partial charge in [0.1, 0.15) is 11.6 Å². The van der Waals surface area contributed by atoms with Gasteiger partial charge in [-0.15, -0.1) is 0 Å². The number of hydrogen-bond acceptors (Lipinski definition) is 5. The fourth-order valence-corrected chi connectivity index (χ4v) is 2.67. The van der Waals surface area contributed by atoms with Crippen LogP contribution in [0.2, 0.25) is 0 Å². The number of nitrogens with one attached hydrogen (secondary N) is 1. The Hall–Kier alpha value is -2.41. The van der Waals surface area contributed by atoms with E-state index >= 15 is 0 Å². The highest BCUT2D eigenvalue weighted by Crippen LogP contribution is 2.20. The third-order valence-corrected chi connectivity index (χ3v) is 3.83. The van der Waals surface area contributed by atoms with Crippen LogP contribution in [-0.2, 0) is 4.79 Å². The minimum Gasteiger partial charge on any atom is -0.367 e. The molecule has 3 rings (SSSR count). The molecule has 1 amide bonds. The van der Waals surface area contributed by atoms with Gasteiger partial charge in [-0.3, -0.25) is 9.69 Å². The van der Waals surface area contributed by atoms with Gasteiger partial charge in [-0.2, -0.15) is 0 Å². The second kappa shape index (κ2) is 6.78. The Morgan fingerprint density at radius 1 is 1.30 bits per heavy atom. The summed E-state index contributed by atoms with van der Waals surface area (Å²) in [5.74, 6) is 0.744.